The fourth-order valence-electron chi connectivity index (χ4n) is 2.95. The highest BCUT2D eigenvalue weighted by Crippen LogP contribution is 2.43. The van der Waals surface area contributed by atoms with Crippen LogP contribution in [0.1, 0.15) is 31.2 Å². The highest BCUT2D eigenvalue weighted by atomic mass is 19.1. The fourth-order valence-corrected chi connectivity index (χ4v) is 2.95. The van der Waals surface area contributed by atoms with Gasteiger partial charge in [-0.3, -0.25) is 0 Å². The first kappa shape index (κ1) is 11.4. The summed E-state index contributed by atoms with van der Waals surface area (Å²) in [5, 5.41) is 0. The van der Waals surface area contributed by atoms with Crippen molar-refractivity contribution >= 4 is 0 Å². The molecule has 0 aromatic heterocycles. The molecular formula is C15H19F. The first-order chi connectivity index (χ1) is 7.83. The molecule has 1 aliphatic carbocycles. The Kier molecular flexibility index (Phi) is 3.42. The van der Waals surface area contributed by atoms with Crippen LogP contribution < -0.4 is 0 Å². The Morgan fingerprint density at radius 3 is 2.38 bits per heavy atom. The summed E-state index contributed by atoms with van der Waals surface area (Å²) in [4.78, 5) is 0. The van der Waals surface area contributed by atoms with Crippen molar-refractivity contribution in [3.63, 3.8) is 0 Å². The second kappa shape index (κ2) is 4.82. The van der Waals surface area contributed by atoms with E-state index < -0.39 is 5.41 Å². The molecule has 1 aromatic carbocycles. The molecule has 0 amide bonds. The third-order valence-corrected chi connectivity index (χ3v) is 3.98. The minimum atomic E-state index is -0.447. The van der Waals surface area contributed by atoms with E-state index >= 15 is 0 Å². The van der Waals surface area contributed by atoms with E-state index in [2.05, 4.69) is 6.58 Å². The molecule has 0 radical (unpaired) electrons. The molecule has 1 saturated carbocycles. The monoisotopic (exact) mass is 218 g/mol. The lowest BCUT2D eigenvalue weighted by molar-refractivity contribution is 0.260. The van der Waals surface area contributed by atoms with Crippen molar-refractivity contribution in [3.8, 4) is 0 Å². The molecule has 1 aliphatic rings. The summed E-state index contributed by atoms with van der Waals surface area (Å²) in [6, 6.07) is 10.00. The molecule has 0 N–H and O–H groups in total. The lowest BCUT2D eigenvalue weighted by atomic mass is 9.70. The van der Waals surface area contributed by atoms with Crippen molar-refractivity contribution in [2.45, 2.75) is 31.1 Å². The van der Waals surface area contributed by atoms with Crippen molar-refractivity contribution in [1.29, 1.82) is 0 Å². The molecule has 0 heterocycles. The number of alkyl halides is 1. The Bertz CT molecular complexity index is 338. The molecule has 1 heteroatoms. The Morgan fingerprint density at radius 1 is 1.25 bits per heavy atom. The summed E-state index contributed by atoms with van der Waals surface area (Å²) in [5.41, 5.74) is 0.636. The zero-order valence-electron chi connectivity index (χ0n) is 9.66. The third kappa shape index (κ3) is 1.79. The Balaban J connectivity index is 2.38. The molecule has 0 saturated heterocycles. The first-order valence-electron chi connectivity index (χ1n) is 6.08. The highest BCUT2D eigenvalue weighted by molar-refractivity contribution is 5.32. The predicted molar refractivity (Wildman–Crippen MR) is 66.3 cm³/mol. The zero-order valence-corrected chi connectivity index (χ0v) is 9.66. The normalized spacial score (nSPS) is 20.6. The molecule has 86 valence electrons. The molecule has 1 atom stereocenters. The van der Waals surface area contributed by atoms with Crippen molar-refractivity contribution in [3.05, 3.63) is 48.6 Å². The third-order valence-electron chi connectivity index (χ3n) is 3.98. The van der Waals surface area contributed by atoms with Gasteiger partial charge in [-0.15, -0.1) is 6.58 Å². The van der Waals surface area contributed by atoms with Crippen molar-refractivity contribution < 1.29 is 4.39 Å². The van der Waals surface area contributed by atoms with Crippen LogP contribution in [0.5, 0.6) is 0 Å². The minimum absolute atomic E-state index is 0.328. The Morgan fingerprint density at radius 2 is 1.88 bits per heavy atom. The van der Waals surface area contributed by atoms with Gasteiger partial charge in [-0.1, -0.05) is 49.2 Å². The maximum Gasteiger partial charge on any atom is 0.103 e. The number of hydrogen-bond acceptors (Lipinski definition) is 0. The van der Waals surface area contributed by atoms with Gasteiger partial charge in [0.05, 0.1) is 0 Å². The molecule has 1 aromatic rings. The van der Waals surface area contributed by atoms with Crippen LogP contribution in [0.2, 0.25) is 0 Å². The van der Waals surface area contributed by atoms with E-state index in [9.17, 15) is 4.39 Å². The minimum Gasteiger partial charge on any atom is -0.250 e. The quantitative estimate of drug-likeness (QED) is 0.662. The van der Waals surface area contributed by atoms with Gasteiger partial charge in [0.15, 0.2) is 0 Å². The Hall–Kier alpha value is -1.11. The topological polar surface area (TPSA) is 0 Å². The molecular weight excluding hydrogens is 199 g/mol. The van der Waals surface area contributed by atoms with Gasteiger partial charge in [-0.25, -0.2) is 4.39 Å². The molecule has 1 unspecified atom stereocenters. The van der Waals surface area contributed by atoms with Crippen molar-refractivity contribution in [2.75, 3.05) is 6.67 Å². The van der Waals surface area contributed by atoms with Crippen molar-refractivity contribution in [2.24, 2.45) is 5.92 Å². The van der Waals surface area contributed by atoms with E-state index in [0.717, 1.165) is 18.4 Å². The van der Waals surface area contributed by atoms with Gasteiger partial charge in [0.2, 0.25) is 0 Å². The predicted octanol–water partition coefficient (Wildman–Crippen LogP) is 4.27. The largest absolute Gasteiger partial charge is 0.250 e. The van der Waals surface area contributed by atoms with Crippen LogP contribution in [-0.4, -0.2) is 6.67 Å². The summed E-state index contributed by atoms with van der Waals surface area (Å²) in [5.74, 6) is 0.428. The van der Waals surface area contributed by atoms with Gasteiger partial charge in [-0.05, 0) is 24.3 Å². The Labute approximate surface area is 97.2 Å². The van der Waals surface area contributed by atoms with Crippen LogP contribution in [0.4, 0.5) is 4.39 Å². The van der Waals surface area contributed by atoms with Gasteiger partial charge in [0.25, 0.3) is 0 Å². The van der Waals surface area contributed by atoms with Gasteiger partial charge >= 0.3 is 0 Å². The van der Waals surface area contributed by atoms with Gasteiger partial charge < -0.3 is 0 Å². The maximum absolute atomic E-state index is 13.6. The van der Waals surface area contributed by atoms with E-state index in [0.29, 0.717) is 5.92 Å². The zero-order chi connectivity index (χ0) is 11.4. The SMILES string of the molecule is C=CC(CF)(c1ccccc1)C1CCCC1. The lowest BCUT2D eigenvalue weighted by Crippen LogP contribution is -2.34. The maximum atomic E-state index is 13.6. The standard InChI is InChI=1S/C15H19F/c1-2-15(12-16,14-10-6-7-11-14)13-8-4-3-5-9-13/h2-5,8-9,14H,1,6-7,10-12H2. The second-order valence-corrected chi connectivity index (χ2v) is 4.73. The van der Waals surface area contributed by atoms with E-state index in [4.69, 9.17) is 0 Å². The molecule has 0 spiro atoms. The number of hydrogen-bond donors (Lipinski definition) is 0. The molecule has 0 nitrogen and oxygen atoms in total. The van der Waals surface area contributed by atoms with Gasteiger partial charge in [0.1, 0.15) is 6.67 Å². The van der Waals surface area contributed by atoms with Crippen LogP contribution in [0.25, 0.3) is 0 Å². The summed E-state index contributed by atoms with van der Waals surface area (Å²) in [7, 11) is 0. The van der Waals surface area contributed by atoms with Crippen LogP contribution in [0.15, 0.2) is 43.0 Å². The second-order valence-electron chi connectivity index (χ2n) is 4.73. The van der Waals surface area contributed by atoms with Gasteiger partial charge in [0, 0.05) is 5.41 Å². The molecule has 2 rings (SSSR count). The van der Waals surface area contributed by atoms with E-state index in [1.54, 1.807) is 0 Å². The smallest absolute Gasteiger partial charge is 0.103 e. The first-order valence-corrected chi connectivity index (χ1v) is 6.08. The summed E-state index contributed by atoms with van der Waals surface area (Å²) in [6.45, 7) is 3.56. The molecule has 1 fully saturated rings. The van der Waals surface area contributed by atoms with Crippen LogP contribution in [0.3, 0.4) is 0 Å². The molecule has 0 aliphatic heterocycles. The lowest BCUT2D eigenvalue weighted by Gasteiger charge is -2.34. The molecule has 0 bridgehead atoms. The average molecular weight is 218 g/mol. The average Bonchev–Trinajstić information content (AvgIpc) is 2.87. The van der Waals surface area contributed by atoms with Crippen LogP contribution in [0, 0.1) is 5.92 Å². The number of allylic oxidation sites excluding steroid dienone is 1. The number of rotatable bonds is 4. The summed E-state index contributed by atoms with van der Waals surface area (Å²) in [6.07, 6.45) is 6.55. The summed E-state index contributed by atoms with van der Waals surface area (Å²) >= 11 is 0. The fraction of sp³-hybridized carbons (Fsp3) is 0.467. The summed E-state index contributed by atoms with van der Waals surface area (Å²) < 4.78 is 13.6. The van der Waals surface area contributed by atoms with E-state index in [-0.39, 0.29) is 6.67 Å². The molecule has 16 heavy (non-hydrogen) atoms. The van der Waals surface area contributed by atoms with Gasteiger partial charge in [-0.2, -0.15) is 0 Å². The van der Waals surface area contributed by atoms with Crippen molar-refractivity contribution in [1.82, 2.24) is 0 Å². The highest BCUT2D eigenvalue weighted by Gasteiger charge is 2.39. The van der Waals surface area contributed by atoms with Crippen LogP contribution in [-0.2, 0) is 5.41 Å². The van der Waals surface area contributed by atoms with Crippen LogP contribution >= 0.6 is 0 Å². The number of halogens is 1. The van der Waals surface area contributed by atoms with E-state index in [1.165, 1.54) is 12.8 Å². The van der Waals surface area contributed by atoms with E-state index in [1.807, 2.05) is 36.4 Å². The number of benzene rings is 1.